The fraction of sp³-hybridized carbons (Fsp3) is 0.250. The minimum atomic E-state index is 0.207. The lowest BCUT2D eigenvalue weighted by Gasteiger charge is -2.04. The Hall–Kier alpha value is -1.99. The lowest BCUT2D eigenvalue weighted by Crippen LogP contribution is -2.00. The molecule has 0 unspecified atom stereocenters. The van der Waals surface area contributed by atoms with Gasteiger partial charge in [-0.15, -0.1) is 16.4 Å². The van der Waals surface area contributed by atoms with Crippen molar-refractivity contribution in [1.82, 2.24) is 20.2 Å². The van der Waals surface area contributed by atoms with Crippen molar-refractivity contribution in [2.75, 3.05) is 5.75 Å². The van der Waals surface area contributed by atoms with Gasteiger partial charge in [0, 0.05) is 12.2 Å². The Morgan fingerprint density at radius 2 is 2.09 bits per heavy atom. The van der Waals surface area contributed by atoms with Gasteiger partial charge in [-0.1, -0.05) is 35.5 Å². The number of thioether (sulfide) groups is 1. The fourth-order valence-corrected chi connectivity index (χ4v) is 3.60. The highest BCUT2D eigenvalue weighted by atomic mass is 32.2. The van der Waals surface area contributed by atoms with E-state index in [9.17, 15) is 4.79 Å². The second-order valence-corrected chi connectivity index (χ2v) is 7.07. The number of aryl methyl sites for hydroxylation is 1. The number of carbonyl (C=O) groups excluding carboxylic acids is 1. The predicted octanol–water partition coefficient (Wildman–Crippen LogP) is 3.79. The third-order valence-electron chi connectivity index (χ3n) is 3.29. The molecule has 0 saturated heterocycles. The molecule has 5 nitrogen and oxygen atoms in total. The van der Waals surface area contributed by atoms with Crippen LogP contribution in [0, 0.1) is 6.92 Å². The minimum absolute atomic E-state index is 0.207. The van der Waals surface area contributed by atoms with E-state index in [0.29, 0.717) is 6.42 Å². The molecule has 0 radical (unpaired) electrons. The van der Waals surface area contributed by atoms with Crippen molar-refractivity contribution < 1.29 is 4.79 Å². The highest BCUT2D eigenvalue weighted by molar-refractivity contribution is 7.99. The van der Waals surface area contributed by atoms with Gasteiger partial charge in [0.15, 0.2) is 5.78 Å². The molecule has 0 spiro atoms. The molecule has 0 atom stereocenters. The third-order valence-corrected chi connectivity index (χ3v) is 5.21. The molecule has 1 aromatic carbocycles. The van der Waals surface area contributed by atoms with Crippen LogP contribution in [0.25, 0.3) is 5.69 Å². The number of hydrogen-bond donors (Lipinski definition) is 0. The molecule has 3 rings (SSSR count). The average Bonchev–Trinajstić information content (AvgIpc) is 3.24. The maximum absolute atomic E-state index is 11.9. The predicted molar refractivity (Wildman–Crippen MR) is 92.5 cm³/mol. The van der Waals surface area contributed by atoms with Gasteiger partial charge in [-0.05, 0) is 47.4 Å². The van der Waals surface area contributed by atoms with E-state index >= 15 is 0 Å². The molecule has 0 aliphatic heterocycles. The number of thiophene rings is 1. The maximum atomic E-state index is 11.9. The van der Waals surface area contributed by atoms with Gasteiger partial charge in [0.2, 0.25) is 5.16 Å². The van der Waals surface area contributed by atoms with E-state index in [1.165, 1.54) is 16.9 Å². The highest BCUT2D eigenvalue weighted by Crippen LogP contribution is 2.20. The van der Waals surface area contributed by atoms with Crippen molar-refractivity contribution in [3.05, 3.63) is 52.2 Å². The molecule has 2 aromatic heterocycles. The summed E-state index contributed by atoms with van der Waals surface area (Å²) in [6, 6.07) is 11.8. The van der Waals surface area contributed by atoms with Crippen LogP contribution < -0.4 is 0 Å². The van der Waals surface area contributed by atoms with Gasteiger partial charge in [-0.3, -0.25) is 4.79 Å². The molecular formula is C16H16N4OS2. The second kappa shape index (κ2) is 7.52. The quantitative estimate of drug-likeness (QED) is 0.371. The summed E-state index contributed by atoms with van der Waals surface area (Å²) in [6.07, 6.45) is 1.36. The normalized spacial score (nSPS) is 10.8. The Morgan fingerprint density at radius 1 is 1.26 bits per heavy atom. The topological polar surface area (TPSA) is 60.7 Å². The number of ketones is 1. The minimum Gasteiger partial charge on any atom is -0.293 e. The van der Waals surface area contributed by atoms with Crippen LogP contribution in [0.1, 0.15) is 28.1 Å². The lowest BCUT2D eigenvalue weighted by molar-refractivity contribution is 0.0986. The van der Waals surface area contributed by atoms with Crippen LogP contribution in [0.5, 0.6) is 0 Å². The Morgan fingerprint density at radius 3 is 2.83 bits per heavy atom. The van der Waals surface area contributed by atoms with Gasteiger partial charge in [-0.2, -0.15) is 4.68 Å². The molecule has 0 saturated carbocycles. The largest absolute Gasteiger partial charge is 0.293 e. The van der Waals surface area contributed by atoms with E-state index in [1.54, 1.807) is 16.4 Å². The molecule has 0 N–H and O–H groups in total. The number of Topliss-reactive ketones (excluding diaryl/α,β-unsaturated/α-hetero) is 1. The SMILES string of the molecule is Cc1ccc(-n2nnnc2SCCCC(=O)c2cccs2)cc1. The molecule has 0 aliphatic rings. The summed E-state index contributed by atoms with van der Waals surface area (Å²) in [5.74, 6) is 1.02. The summed E-state index contributed by atoms with van der Waals surface area (Å²) in [6.45, 7) is 2.05. The molecule has 0 amide bonds. The molecule has 0 bridgehead atoms. The van der Waals surface area contributed by atoms with E-state index in [1.807, 2.05) is 48.7 Å². The number of rotatable bonds is 7. The first kappa shape index (κ1) is 15.9. The van der Waals surface area contributed by atoms with Crippen LogP contribution >= 0.6 is 23.1 Å². The number of carbonyl (C=O) groups is 1. The number of aromatic nitrogens is 4. The van der Waals surface area contributed by atoms with Crippen LogP contribution in [-0.2, 0) is 0 Å². The van der Waals surface area contributed by atoms with Crippen molar-refractivity contribution in [1.29, 1.82) is 0 Å². The highest BCUT2D eigenvalue weighted by Gasteiger charge is 2.10. The summed E-state index contributed by atoms with van der Waals surface area (Å²) >= 11 is 3.06. The molecule has 3 aromatic rings. The van der Waals surface area contributed by atoms with Gasteiger partial charge in [0.05, 0.1) is 10.6 Å². The standard InChI is InChI=1S/C16H16N4OS2/c1-12-6-8-13(9-7-12)20-16(17-18-19-20)23-11-2-4-14(21)15-5-3-10-22-15/h3,5-10H,2,4,11H2,1H3. The Bertz CT molecular complexity index is 766. The fourth-order valence-electron chi connectivity index (χ4n) is 2.07. The zero-order chi connectivity index (χ0) is 16.1. The first-order valence-corrected chi connectivity index (χ1v) is 9.15. The molecule has 118 valence electrons. The Labute approximate surface area is 142 Å². The monoisotopic (exact) mass is 344 g/mol. The molecule has 0 aliphatic carbocycles. The van der Waals surface area contributed by atoms with Gasteiger partial charge in [-0.25, -0.2) is 0 Å². The van der Waals surface area contributed by atoms with E-state index in [2.05, 4.69) is 15.5 Å². The van der Waals surface area contributed by atoms with Gasteiger partial charge < -0.3 is 0 Å². The summed E-state index contributed by atoms with van der Waals surface area (Å²) in [7, 11) is 0. The van der Waals surface area contributed by atoms with Crippen LogP contribution in [-0.4, -0.2) is 31.7 Å². The van der Waals surface area contributed by atoms with Crippen molar-refractivity contribution in [3.63, 3.8) is 0 Å². The van der Waals surface area contributed by atoms with Gasteiger partial charge >= 0.3 is 0 Å². The lowest BCUT2D eigenvalue weighted by atomic mass is 10.2. The third kappa shape index (κ3) is 4.05. The van der Waals surface area contributed by atoms with Crippen molar-refractivity contribution in [2.24, 2.45) is 0 Å². The Kier molecular flexibility index (Phi) is 5.19. The van der Waals surface area contributed by atoms with E-state index in [-0.39, 0.29) is 5.78 Å². The van der Waals surface area contributed by atoms with Crippen LogP contribution in [0.3, 0.4) is 0 Å². The molecule has 2 heterocycles. The molecule has 23 heavy (non-hydrogen) atoms. The van der Waals surface area contributed by atoms with Crippen molar-refractivity contribution in [2.45, 2.75) is 24.9 Å². The summed E-state index contributed by atoms with van der Waals surface area (Å²) < 4.78 is 1.73. The number of tetrazole rings is 1. The van der Waals surface area contributed by atoms with Crippen LogP contribution in [0.2, 0.25) is 0 Å². The summed E-state index contributed by atoms with van der Waals surface area (Å²) in [5, 5.41) is 14.5. The zero-order valence-electron chi connectivity index (χ0n) is 12.7. The Balaban J connectivity index is 1.54. The zero-order valence-corrected chi connectivity index (χ0v) is 14.3. The van der Waals surface area contributed by atoms with Crippen LogP contribution in [0.15, 0.2) is 46.9 Å². The number of nitrogens with zero attached hydrogens (tertiary/aromatic N) is 4. The van der Waals surface area contributed by atoms with E-state index < -0.39 is 0 Å². The molecular weight excluding hydrogens is 328 g/mol. The first-order chi connectivity index (χ1) is 11.2. The van der Waals surface area contributed by atoms with E-state index in [4.69, 9.17) is 0 Å². The second-order valence-electron chi connectivity index (χ2n) is 5.06. The number of hydrogen-bond acceptors (Lipinski definition) is 6. The van der Waals surface area contributed by atoms with Gasteiger partial charge in [0.25, 0.3) is 0 Å². The average molecular weight is 344 g/mol. The number of benzene rings is 1. The summed E-state index contributed by atoms with van der Waals surface area (Å²) in [5.41, 5.74) is 2.14. The molecule has 0 fully saturated rings. The maximum Gasteiger partial charge on any atom is 0.214 e. The summed E-state index contributed by atoms with van der Waals surface area (Å²) in [4.78, 5) is 12.8. The van der Waals surface area contributed by atoms with Gasteiger partial charge in [0.1, 0.15) is 0 Å². The van der Waals surface area contributed by atoms with Crippen molar-refractivity contribution >= 4 is 28.9 Å². The first-order valence-electron chi connectivity index (χ1n) is 7.29. The van der Waals surface area contributed by atoms with E-state index in [0.717, 1.165) is 27.9 Å². The molecule has 7 heteroatoms. The van der Waals surface area contributed by atoms with Crippen LogP contribution in [0.4, 0.5) is 0 Å². The van der Waals surface area contributed by atoms with Crippen molar-refractivity contribution in [3.8, 4) is 5.69 Å². The smallest absolute Gasteiger partial charge is 0.214 e.